The van der Waals surface area contributed by atoms with E-state index >= 15 is 0 Å². The number of nitrogens with two attached hydrogens (primary N) is 1. The summed E-state index contributed by atoms with van der Waals surface area (Å²) >= 11 is 0. The van der Waals surface area contributed by atoms with E-state index in [2.05, 4.69) is 43.0 Å². The van der Waals surface area contributed by atoms with E-state index in [0.29, 0.717) is 11.6 Å². The minimum Gasteiger partial charge on any atom is -0.436 e. The Bertz CT molecular complexity index is 1070. The van der Waals surface area contributed by atoms with Crippen LogP contribution < -0.4 is 10.5 Å². The molecule has 0 aliphatic rings. The lowest BCUT2D eigenvalue weighted by molar-refractivity contribution is 0.349. The number of nitrogens with zero attached hydrogens (tertiary/aromatic N) is 3. The van der Waals surface area contributed by atoms with E-state index in [0.717, 1.165) is 27.6 Å². The van der Waals surface area contributed by atoms with Crippen molar-refractivity contribution in [2.24, 2.45) is 0 Å². The smallest absolute Gasteiger partial charge is 0.250 e. The van der Waals surface area contributed by atoms with Crippen LogP contribution in [0.5, 0.6) is 11.6 Å². The van der Waals surface area contributed by atoms with Crippen LogP contribution in [-0.4, -0.2) is 14.8 Å². The van der Waals surface area contributed by atoms with Crippen molar-refractivity contribution >= 4 is 27.5 Å². The first-order chi connectivity index (χ1) is 11.9. The summed E-state index contributed by atoms with van der Waals surface area (Å²) in [5.74, 6) is 1.23. The van der Waals surface area contributed by atoms with Gasteiger partial charge in [0.1, 0.15) is 11.1 Å². The van der Waals surface area contributed by atoms with Crippen molar-refractivity contribution in [1.82, 2.24) is 14.8 Å². The lowest BCUT2D eigenvalue weighted by Gasteiger charge is -2.19. The van der Waals surface area contributed by atoms with E-state index < -0.39 is 0 Å². The summed E-state index contributed by atoms with van der Waals surface area (Å²) in [5.41, 5.74) is 7.30. The molecule has 0 atom stereocenters. The molecule has 0 bridgehead atoms. The third-order valence-corrected chi connectivity index (χ3v) is 4.16. The molecule has 0 spiro atoms. The van der Waals surface area contributed by atoms with Crippen molar-refractivity contribution in [1.29, 1.82) is 0 Å². The van der Waals surface area contributed by atoms with E-state index in [1.807, 2.05) is 35.0 Å². The predicted molar refractivity (Wildman–Crippen MR) is 101 cm³/mol. The number of nitrogen functional groups attached to an aromatic ring is 1. The molecule has 5 heteroatoms. The molecule has 2 aromatic heterocycles. The van der Waals surface area contributed by atoms with Crippen LogP contribution in [0.25, 0.3) is 21.8 Å². The highest BCUT2D eigenvalue weighted by molar-refractivity contribution is 5.94. The van der Waals surface area contributed by atoms with Gasteiger partial charge in [-0.3, -0.25) is 0 Å². The Kier molecular flexibility index (Phi) is 3.39. The van der Waals surface area contributed by atoms with Gasteiger partial charge in [0.25, 0.3) is 0 Å². The molecule has 0 fully saturated rings. The highest BCUT2D eigenvalue weighted by Crippen LogP contribution is 2.36. The topological polar surface area (TPSA) is 66.0 Å². The zero-order chi connectivity index (χ0) is 17.6. The summed E-state index contributed by atoms with van der Waals surface area (Å²) in [4.78, 5) is 4.47. The van der Waals surface area contributed by atoms with Gasteiger partial charge in [-0.05, 0) is 38.3 Å². The Labute approximate surface area is 146 Å². The highest BCUT2D eigenvalue weighted by atomic mass is 16.5. The van der Waals surface area contributed by atoms with Gasteiger partial charge in [0.2, 0.25) is 5.88 Å². The second kappa shape index (κ2) is 5.48. The van der Waals surface area contributed by atoms with Gasteiger partial charge in [-0.2, -0.15) is 0 Å². The first-order valence-electron chi connectivity index (χ1n) is 8.24. The molecule has 0 radical (unpaired) electrons. The van der Waals surface area contributed by atoms with Crippen LogP contribution >= 0.6 is 0 Å². The summed E-state index contributed by atoms with van der Waals surface area (Å²) in [6.45, 7) is 6.23. The number of ether oxygens (including phenoxy) is 1. The van der Waals surface area contributed by atoms with E-state index in [9.17, 15) is 0 Å². The fraction of sp³-hybridized carbons (Fsp3) is 0.200. The first kappa shape index (κ1) is 15.4. The van der Waals surface area contributed by atoms with Crippen LogP contribution in [0.3, 0.4) is 0 Å². The summed E-state index contributed by atoms with van der Waals surface area (Å²) in [6.07, 6.45) is 1.70. The molecule has 0 unspecified atom stereocenters. The molecule has 0 saturated heterocycles. The number of benzene rings is 2. The second-order valence-corrected chi connectivity index (χ2v) is 7.07. The molecule has 4 rings (SSSR count). The summed E-state index contributed by atoms with van der Waals surface area (Å²) < 4.78 is 8.07. The molecule has 2 aromatic carbocycles. The number of aromatic nitrogens is 3. The summed E-state index contributed by atoms with van der Waals surface area (Å²) in [6, 6.07) is 15.9. The molecule has 25 heavy (non-hydrogen) atoms. The van der Waals surface area contributed by atoms with Crippen molar-refractivity contribution in [2.45, 2.75) is 26.3 Å². The fourth-order valence-electron chi connectivity index (χ4n) is 2.96. The molecule has 0 aliphatic carbocycles. The Morgan fingerprint density at radius 1 is 1.00 bits per heavy atom. The Morgan fingerprint density at radius 2 is 1.76 bits per heavy atom. The maximum Gasteiger partial charge on any atom is 0.250 e. The third-order valence-electron chi connectivity index (χ3n) is 4.16. The predicted octanol–water partition coefficient (Wildman–Crippen LogP) is 4.71. The SMILES string of the molecule is CC(C)(C)n1nc(Oc2cccc3ccccc23)c2c(N)ccnc21. The fourth-order valence-corrected chi connectivity index (χ4v) is 2.96. The molecule has 0 saturated carbocycles. The average Bonchev–Trinajstić information content (AvgIpc) is 2.95. The molecule has 0 aliphatic heterocycles. The lowest BCUT2D eigenvalue weighted by Crippen LogP contribution is -2.23. The van der Waals surface area contributed by atoms with Gasteiger partial charge in [-0.15, -0.1) is 5.10 Å². The number of hydrogen-bond acceptors (Lipinski definition) is 4. The van der Waals surface area contributed by atoms with Crippen LogP contribution in [0, 0.1) is 0 Å². The summed E-state index contributed by atoms with van der Waals surface area (Å²) in [5, 5.41) is 7.57. The number of pyridine rings is 1. The quantitative estimate of drug-likeness (QED) is 0.577. The van der Waals surface area contributed by atoms with E-state index in [1.54, 1.807) is 12.3 Å². The van der Waals surface area contributed by atoms with Crippen LogP contribution in [0.1, 0.15) is 20.8 Å². The van der Waals surface area contributed by atoms with Crippen molar-refractivity contribution in [3.05, 3.63) is 54.7 Å². The van der Waals surface area contributed by atoms with Gasteiger partial charge in [0.05, 0.1) is 5.54 Å². The normalized spacial score (nSPS) is 12.0. The van der Waals surface area contributed by atoms with Gasteiger partial charge in [0.15, 0.2) is 5.65 Å². The van der Waals surface area contributed by atoms with Crippen LogP contribution in [0.15, 0.2) is 54.7 Å². The van der Waals surface area contributed by atoms with Crippen molar-refractivity contribution in [2.75, 3.05) is 5.73 Å². The van der Waals surface area contributed by atoms with Crippen molar-refractivity contribution < 1.29 is 4.74 Å². The largest absolute Gasteiger partial charge is 0.436 e. The maximum atomic E-state index is 6.21. The van der Waals surface area contributed by atoms with E-state index in [4.69, 9.17) is 10.5 Å². The Morgan fingerprint density at radius 3 is 2.56 bits per heavy atom. The number of rotatable bonds is 2. The van der Waals surface area contributed by atoms with Gasteiger partial charge < -0.3 is 10.5 Å². The van der Waals surface area contributed by atoms with Crippen LogP contribution in [0.4, 0.5) is 5.69 Å². The molecular formula is C20H20N4O. The molecule has 4 aromatic rings. The Balaban J connectivity index is 1.92. The van der Waals surface area contributed by atoms with Crippen molar-refractivity contribution in [3.8, 4) is 11.6 Å². The van der Waals surface area contributed by atoms with Crippen LogP contribution in [0.2, 0.25) is 0 Å². The average molecular weight is 332 g/mol. The minimum absolute atomic E-state index is 0.237. The minimum atomic E-state index is -0.237. The molecule has 126 valence electrons. The molecule has 2 heterocycles. The standard InChI is InChI=1S/C20H20N4O/c1-20(2,3)24-18-17(15(21)11-12-22-18)19(23-24)25-16-10-6-8-13-7-4-5-9-14(13)16/h4-12H,1-3H3,(H2,21,22). The molecule has 0 amide bonds. The second-order valence-electron chi connectivity index (χ2n) is 7.07. The maximum absolute atomic E-state index is 6.21. The lowest BCUT2D eigenvalue weighted by atomic mass is 10.1. The van der Waals surface area contributed by atoms with Gasteiger partial charge in [-0.1, -0.05) is 36.4 Å². The summed E-state index contributed by atoms with van der Waals surface area (Å²) in [7, 11) is 0. The Hall–Kier alpha value is -3.08. The zero-order valence-corrected chi connectivity index (χ0v) is 14.5. The van der Waals surface area contributed by atoms with E-state index in [1.165, 1.54) is 0 Å². The number of anilines is 1. The van der Waals surface area contributed by atoms with Gasteiger partial charge in [-0.25, -0.2) is 9.67 Å². The third kappa shape index (κ3) is 2.58. The van der Waals surface area contributed by atoms with Crippen LogP contribution in [-0.2, 0) is 5.54 Å². The molecule has 2 N–H and O–H groups in total. The van der Waals surface area contributed by atoms with E-state index in [-0.39, 0.29) is 5.54 Å². The zero-order valence-electron chi connectivity index (χ0n) is 14.5. The van der Waals surface area contributed by atoms with Gasteiger partial charge >= 0.3 is 0 Å². The molecule has 5 nitrogen and oxygen atoms in total. The molecular weight excluding hydrogens is 312 g/mol. The number of fused-ring (bicyclic) bond motifs is 2. The number of hydrogen-bond donors (Lipinski definition) is 1. The van der Waals surface area contributed by atoms with Gasteiger partial charge in [0, 0.05) is 17.3 Å². The highest BCUT2D eigenvalue weighted by Gasteiger charge is 2.24. The monoisotopic (exact) mass is 332 g/mol. The van der Waals surface area contributed by atoms with Crippen molar-refractivity contribution in [3.63, 3.8) is 0 Å². The first-order valence-corrected chi connectivity index (χ1v) is 8.24.